The van der Waals surface area contributed by atoms with Crippen LogP contribution in [0.4, 0.5) is 5.69 Å². The molecule has 0 saturated carbocycles. The maximum Gasteiger partial charge on any atom is 0.278 e. The van der Waals surface area contributed by atoms with Crippen molar-refractivity contribution in [1.82, 2.24) is 19.6 Å². The van der Waals surface area contributed by atoms with Crippen LogP contribution in [0.25, 0.3) is 16.7 Å². The molecule has 0 aliphatic rings. The fraction of sp³-hybridized carbons (Fsp3) is 0.0588. The molecular weight excluding hydrogens is 290 g/mol. The predicted molar refractivity (Wildman–Crippen MR) is 87.4 cm³/mol. The Kier molecular flexibility index (Phi) is 3.01. The second-order valence-corrected chi connectivity index (χ2v) is 5.29. The van der Waals surface area contributed by atoms with Gasteiger partial charge in [-0.1, -0.05) is 29.8 Å². The normalized spacial score (nSPS) is 11.0. The standard InChI is InChI=1S/C17H13N5O/c1-11-6-8-12(9-7-11)19-17(23)15-16-21-18-10-22(16)14-5-3-2-4-13(14)20-15/h2-10H,1H3,(H,19,23). The highest BCUT2D eigenvalue weighted by Crippen LogP contribution is 2.17. The van der Waals surface area contributed by atoms with Crippen LogP contribution in [0, 0.1) is 6.92 Å². The lowest BCUT2D eigenvalue weighted by Gasteiger charge is -2.08. The Morgan fingerprint density at radius 1 is 1.09 bits per heavy atom. The molecule has 0 radical (unpaired) electrons. The first kappa shape index (κ1) is 13.4. The lowest BCUT2D eigenvalue weighted by atomic mass is 10.2. The topological polar surface area (TPSA) is 72.2 Å². The van der Waals surface area contributed by atoms with E-state index >= 15 is 0 Å². The van der Waals surface area contributed by atoms with Crippen LogP contribution in [0.1, 0.15) is 16.1 Å². The molecule has 23 heavy (non-hydrogen) atoms. The van der Waals surface area contributed by atoms with Crippen molar-refractivity contribution in [3.63, 3.8) is 0 Å². The number of para-hydroxylation sites is 2. The zero-order chi connectivity index (χ0) is 15.8. The summed E-state index contributed by atoms with van der Waals surface area (Å²) < 4.78 is 1.77. The average molecular weight is 303 g/mol. The summed E-state index contributed by atoms with van der Waals surface area (Å²) in [4.78, 5) is 17.1. The Labute approximate surface area is 131 Å². The summed E-state index contributed by atoms with van der Waals surface area (Å²) >= 11 is 0. The van der Waals surface area contributed by atoms with Crippen molar-refractivity contribution < 1.29 is 4.79 Å². The second-order valence-electron chi connectivity index (χ2n) is 5.29. The molecule has 1 N–H and O–H groups in total. The first-order chi connectivity index (χ1) is 11.2. The Morgan fingerprint density at radius 2 is 1.87 bits per heavy atom. The molecule has 0 unspecified atom stereocenters. The lowest BCUT2D eigenvalue weighted by Crippen LogP contribution is -2.15. The molecule has 0 spiro atoms. The number of nitrogens with zero attached hydrogens (tertiary/aromatic N) is 4. The van der Waals surface area contributed by atoms with E-state index in [0.717, 1.165) is 11.1 Å². The first-order valence-corrected chi connectivity index (χ1v) is 7.19. The molecule has 2 aromatic carbocycles. The summed E-state index contributed by atoms with van der Waals surface area (Å²) in [5, 5.41) is 10.8. The number of rotatable bonds is 2. The van der Waals surface area contributed by atoms with Gasteiger partial charge in [0.25, 0.3) is 5.91 Å². The molecule has 0 saturated heterocycles. The molecule has 2 aromatic heterocycles. The molecule has 0 aliphatic heterocycles. The minimum absolute atomic E-state index is 0.252. The van der Waals surface area contributed by atoms with E-state index in [9.17, 15) is 4.79 Å². The molecular formula is C17H13N5O. The minimum Gasteiger partial charge on any atom is -0.321 e. The predicted octanol–water partition coefficient (Wildman–Crippen LogP) is 2.84. The van der Waals surface area contributed by atoms with Gasteiger partial charge in [-0.15, -0.1) is 10.2 Å². The van der Waals surface area contributed by atoms with Crippen molar-refractivity contribution in [3.05, 3.63) is 66.1 Å². The number of anilines is 1. The number of hydrogen-bond acceptors (Lipinski definition) is 4. The van der Waals surface area contributed by atoms with Gasteiger partial charge in [0.05, 0.1) is 11.0 Å². The van der Waals surface area contributed by atoms with Crippen LogP contribution < -0.4 is 5.32 Å². The molecule has 2 heterocycles. The molecule has 1 amide bonds. The summed E-state index contributed by atoms with van der Waals surface area (Å²) in [6.45, 7) is 2.00. The van der Waals surface area contributed by atoms with Crippen LogP contribution >= 0.6 is 0 Å². The van der Waals surface area contributed by atoms with Crippen molar-refractivity contribution >= 4 is 28.3 Å². The summed E-state index contributed by atoms with van der Waals surface area (Å²) in [7, 11) is 0. The van der Waals surface area contributed by atoms with Crippen LogP contribution in [0.5, 0.6) is 0 Å². The third-order valence-electron chi connectivity index (χ3n) is 3.66. The Hall–Kier alpha value is -3.28. The number of nitrogens with one attached hydrogen (secondary N) is 1. The molecule has 0 fully saturated rings. The van der Waals surface area contributed by atoms with E-state index in [2.05, 4.69) is 20.5 Å². The molecule has 0 atom stereocenters. The van der Waals surface area contributed by atoms with E-state index in [0.29, 0.717) is 16.9 Å². The van der Waals surface area contributed by atoms with E-state index in [1.165, 1.54) is 0 Å². The summed E-state index contributed by atoms with van der Waals surface area (Å²) in [5.41, 5.74) is 4.11. The number of hydrogen-bond donors (Lipinski definition) is 1. The zero-order valence-corrected chi connectivity index (χ0v) is 12.4. The second kappa shape index (κ2) is 5.17. The number of amides is 1. The highest BCUT2D eigenvalue weighted by atomic mass is 16.1. The van der Waals surface area contributed by atoms with Crippen molar-refractivity contribution in [2.75, 3.05) is 5.32 Å². The average Bonchev–Trinajstić information content (AvgIpc) is 3.06. The van der Waals surface area contributed by atoms with E-state index in [1.54, 1.807) is 10.7 Å². The number of benzene rings is 2. The van der Waals surface area contributed by atoms with E-state index in [-0.39, 0.29) is 11.6 Å². The summed E-state index contributed by atoms with van der Waals surface area (Å²) in [5.74, 6) is -0.308. The third-order valence-corrected chi connectivity index (χ3v) is 3.66. The van der Waals surface area contributed by atoms with Gasteiger partial charge in [0.1, 0.15) is 6.33 Å². The quantitative estimate of drug-likeness (QED) is 0.618. The van der Waals surface area contributed by atoms with Crippen LogP contribution in [-0.2, 0) is 0 Å². The van der Waals surface area contributed by atoms with Crippen LogP contribution in [0.2, 0.25) is 0 Å². The molecule has 0 bridgehead atoms. The number of aromatic nitrogens is 4. The number of carbonyl (C=O) groups is 1. The minimum atomic E-state index is -0.308. The fourth-order valence-corrected chi connectivity index (χ4v) is 2.49. The van der Waals surface area contributed by atoms with Gasteiger partial charge in [0.2, 0.25) is 0 Å². The largest absolute Gasteiger partial charge is 0.321 e. The van der Waals surface area contributed by atoms with Crippen molar-refractivity contribution in [2.45, 2.75) is 6.92 Å². The van der Waals surface area contributed by atoms with E-state index < -0.39 is 0 Å². The van der Waals surface area contributed by atoms with Gasteiger partial charge >= 0.3 is 0 Å². The van der Waals surface area contributed by atoms with Gasteiger partial charge in [-0.2, -0.15) is 0 Å². The van der Waals surface area contributed by atoms with Gasteiger partial charge in [-0.05, 0) is 31.2 Å². The molecule has 4 rings (SSSR count). The van der Waals surface area contributed by atoms with Gasteiger partial charge < -0.3 is 5.32 Å². The van der Waals surface area contributed by atoms with Crippen molar-refractivity contribution in [2.24, 2.45) is 0 Å². The summed E-state index contributed by atoms with van der Waals surface area (Å²) in [6.07, 6.45) is 1.59. The maximum atomic E-state index is 12.6. The van der Waals surface area contributed by atoms with Crippen molar-refractivity contribution in [3.8, 4) is 0 Å². The third kappa shape index (κ3) is 2.30. The van der Waals surface area contributed by atoms with Crippen molar-refractivity contribution in [1.29, 1.82) is 0 Å². The van der Waals surface area contributed by atoms with Gasteiger partial charge in [-0.25, -0.2) is 4.98 Å². The maximum absolute atomic E-state index is 12.6. The number of carbonyl (C=O) groups excluding carboxylic acids is 1. The Morgan fingerprint density at radius 3 is 2.70 bits per heavy atom. The molecule has 0 aliphatic carbocycles. The lowest BCUT2D eigenvalue weighted by molar-refractivity contribution is 0.102. The molecule has 6 nitrogen and oxygen atoms in total. The highest BCUT2D eigenvalue weighted by molar-refractivity contribution is 6.07. The zero-order valence-electron chi connectivity index (χ0n) is 12.4. The molecule has 6 heteroatoms. The smallest absolute Gasteiger partial charge is 0.278 e. The SMILES string of the molecule is Cc1ccc(NC(=O)c2nc3ccccc3n3cnnc23)cc1. The first-order valence-electron chi connectivity index (χ1n) is 7.19. The van der Waals surface area contributed by atoms with Gasteiger partial charge in [-0.3, -0.25) is 9.20 Å². The highest BCUT2D eigenvalue weighted by Gasteiger charge is 2.17. The fourth-order valence-electron chi connectivity index (χ4n) is 2.49. The molecule has 112 valence electrons. The monoisotopic (exact) mass is 303 g/mol. The van der Waals surface area contributed by atoms with Gasteiger partial charge in [0.15, 0.2) is 11.3 Å². The Bertz CT molecular complexity index is 1020. The van der Waals surface area contributed by atoms with E-state index in [1.807, 2.05) is 55.5 Å². The van der Waals surface area contributed by atoms with Crippen LogP contribution in [-0.4, -0.2) is 25.5 Å². The van der Waals surface area contributed by atoms with Gasteiger partial charge in [0, 0.05) is 5.69 Å². The molecule has 4 aromatic rings. The van der Waals surface area contributed by atoms with Crippen LogP contribution in [0.3, 0.4) is 0 Å². The van der Waals surface area contributed by atoms with Crippen LogP contribution in [0.15, 0.2) is 54.9 Å². The number of aryl methyl sites for hydroxylation is 1. The Balaban J connectivity index is 1.81. The number of fused-ring (bicyclic) bond motifs is 3. The summed E-state index contributed by atoms with van der Waals surface area (Å²) in [6, 6.07) is 15.2. The van der Waals surface area contributed by atoms with E-state index in [4.69, 9.17) is 0 Å².